The van der Waals surface area contributed by atoms with Crippen LogP contribution in [-0.4, -0.2) is 11.3 Å². The van der Waals surface area contributed by atoms with Gasteiger partial charge in [-0.25, -0.2) is 0 Å². The lowest BCUT2D eigenvalue weighted by Crippen LogP contribution is -2.23. The predicted octanol–water partition coefficient (Wildman–Crippen LogP) is 4.67. The summed E-state index contributed by atoms with van der Waals surface area (Å²) in [6.07, 6.45) is 1.74. The van der Waals surface area contributed by atoms with Gasteiger partial charge in [-0.2, -0.15) is 5.10 Å². The van der Waals surface area contributed by atoms with Crippen molar-refractivity contribution >= 4 is 29.2 Å². The van der Waals surface area contributed by atoms with Crippen LogP contribution in [0.2, 0.25) is 0 Å². The van der Waals surface area contributed by atoms with Gasteiger partial charge in [0.2, 0.25) is 0 Å². The van der Waals surface area contributed by atoms with Gasteiger partial charge in [-0.1, -0.05) is 72.8 Å². The number of hydrazone groups is 1. The molecule has 4 heteroatoms. The van der Waals surface area contributed by atoms with Crippen LogP contribution in [0.5, 0.6) is 0 Å². The summed E-state index contributed by atoms with van der Waals surface area (Å²) in [5.74, 6) is 0. The number of anilines is 1. The Morgan fingerprint density at radius 1 is 0.750 bits per heavy atom. The van der Waals surface area contributed by atoms with Crippen LogP contribution in [0.3, 0.4) is 0 Å². The molecule has 0 aromatic heterocycles. The van der Waals surface area contributed by atoms with Gasteiger partial charge in [-0.3, -0.25) is 5.43 Å². The molecule has 0 fully saturated rings. The Labute approximate surface area is 147 Å². The zero-order chi connectivity index (χ0) is 16.6. The Morgan fingerprint density at radius 2 is 1.33 bits per heavy atom. The molecular weight excluding hydrogens is 314 g/mol. The van der Waals surface area contributed by atoms with Gasteiger partial charge in [-0.15, -0.1) is 0 Å². The molecule has 3 aromatic carbocycles. The molecule has 3 rings (SSSR count). The third-order valence-electron chi connectivity index (χ3n) is 3.43. The van der Waals surface area contributed by atoms with Crippen LogP contribution in [-0.2, 0) is 0 Å². The Kier molecular flexibility index (Phi) is 5.32. The van der Waals surface area contributed by atoms with Crippen LogP contribution in [0.4, 0.5) is 5.69 Å². The summed E-state index contributed by atoms with van der Waals surface area (Å²) in [5, 5.41) is 7.68. The van der Waals surface area contributed by atoms with Crippen molar-refractivity contribution in [2.75, 3.05) is 5.32 Å². The summed E-state index contributed by atoms with van der Waals surface area (Å²) in [4.78, 5) is 0. The van der Waals surface area contributed by atoms with Crippen LogP contribution < -0.4 is 10.7 Å². The molecule has 0 spiro atoms. The summed E-state index contributed by atoms with van der Waals surface area (Å²) in [5.41, 5.74) is 7.13. The van der Waals surface area contributed by atoms with Crippen molar-refractivity contribution in [2.45, 2.75) is 0 Å². The van der Waals surface area contributed by atoms with E-state index in [4.69, 9.17) is 12.2 Å². The molecule has 3 aromatic rings. The van der Waals surface area contributed by atoms with Gasteiger partial charge in [0.15, 0.2) is 5.11 Å². The number of nitrogens with zero attached hydrogens (tertiary/aromatic N) is 1. The Morgan fingerprint density at radius 3 is 2.00 bits per heavy atom. The summed E-state index contributed by atoms with van der Waals surface area (Å²) in [7, 11) is 0. The summed E-state index contributed by atoms with van der Waals surface area (Å²) in [6.45, 7) is 0. The van der Waals surface area contributed by atoms with Gasteiger partial charge < -0.3 is 5.32 Å². The van der Waals surface area contributed by atoms with E-state index >= 15 is 0 Å². The molecule has 0 bridgehead atoms. The highest BCUT2D eigenvalue weighted by Gasteiger charge is 1.97. The lowest BCUT2D eigenvalue weighted by Gasteiger charge is -2.06. The average Bonchev–Trinajstić information content (AvgIpc) is 2.64. The van der Waals surface area contributed by atoms with Gasteiger partial charge in [0.25, 0.3) is 0 Å². The van der Waals surface area contributed by atoms with Gasteiger partial charge in [-0.05, 0) is 41.0 Å². The van der Waals surface area contributed by atoms with Gasteiger partial charge in [0, 0.05) is 5.69 Å². The third-order valence-corrected chi connectivity index (χ3v) is 3.62. The Balaban J connectivity index is 1.56. The van der Waals surface area contributed by atoms with E-state index in [2.05, 4.69) is 40.1 Å². The fourth-order valence-electron chi connectivity index (χ4n) is 2.24. The SMILES string of the molecule is S=C(NN=Cc1ccc(-c2ccccc2)cc1)Nc1ccccc1. The van der Waals surface area contributed by atoms with Crippen LogP contribution in [0.15, 0.2) is 90.0 Å². The molecule has 118 valence electrons. The molecule has 0 aliphatic rings. The molecule has 0 aliphatic carbocycles. The van der Waals surface area contributed by atoms with E-state index < -0.39 is 0 Å². The van der Waals surface area contributed by atoms with Crippen molar-refractivity contribution < 1.29 is 0 Å². The number of hydrogen-bond acceptors (Lipinski definition) is 2. The first kappa shape index (κ1) is 15.9. The predicted molar refractivity (Wildman–Crippen MR) is 105 cm³/mol. The number of benzene rings is 3. The van der Waals surface area contributed by atoms with E-state index in [0.717, 1.165) is 11.3 Å². The van der Waals surface area contributed by atoms with E-state index in [0.29, 0.717) is 5.11 Å². The molecule has 0 aliphatic heterocycles. The van der Waals surface area contributed by atoms with Crippen molar-refractivity contribution in [2.24, 2.45) is 5.10 Å². The van der Waals surface area contributed by atoms with Crippen molar-refractivity contribution in [1.82, 2.24) is 5.43 Å². The standard InChI is InChI=1S/C20H17N3S/c24-20(22-19-9-5-2-6-10-19)23-21-15-16-11-13-18(14-12-16)17-7-3-1-4-8-17/h1-15H,(H2,22,23,24). The first-order valence-electron chi connectivity index (χ1n) is 7.62. The molecule has 3 nitrogen and oxygen atoms in total. The minimum Gasteiger partial charge on any atom is -0.331 e. The van der Waals surface area contributed by atoms with E-state index in [1.165, 1.54) is 11.1 Å². The first-order chi connectivity index (χ1) is 11.8. The number of hydrogen-bond donors (Lipinski definition) is 2. The van der Waals surface area contributed by atoms with E-state index in [1.54, 1.807) is 6.21 Å². The van der Waals surface area contributed by atoms with Crippen molar-refractivity contribution in [3.8, 4) is 11.1 Å². The van der Waals surface area contributed by atoms with Crippen molar-refractivity contribution in [1.29, 1.82) is 0 Å². The Bertz CT molecular complexity index is 813. The normalized spacial score (nSPS) is 10.5. The van der Waals surface area contributed by atoms with Crippen LogP contribution >= 0.6 is 12.2 Å². The molecule has 0 heterocycles. The maximum atomic E-state index is 5.20. The molecular formula is C20H17N3S. The molecule has 0 unspecified atom stereocenters. The Hall–Kier alpha value is -2.98. The second kappa shape index (κ2) is 8.04. The summed E-state index contributed by atoms with van der Waals surface area (Å²) in [6, 6.07) is 28.2. The van der Waals surface area contributed by atoms with E-state index in [1.807, 2.05) is 60.7 Å². The summed E-state index contributed by atoms with van der Waals surface area (Å²) >= 11 is 5.20. The number of nitrogens with one attached hydrogen (secondary N) is 2. The lowest BCUT2D eigenvalue weighted by molar-refractivity contribution is 1.05. The average molecular weight is 331 g/mol. The lowest BCUT2D eigenvalue weighted by atomic mass is 10.0. The van der Waals surface area contributed by atoms with Gasteiger partial charge in [0.1, 0.15) is 0 Å². The summed E-state index contributed by atoms with van der Waals surface area (Å²) < 4.78 is 0. The fourth-order valence-corrected chi connectivity index (χ4v) is 2.41. The maximum Gasteiger partial charge on any atom is 0.191 e. The highest BCUT2D eigenvalue weighted by atomic mass is 32.1. The fraction of sp³-hybridized carbons (Fsp3) is 0. The smallest absolute Gasteiger partial charge is 0.191 e. The minimum absolute atomic E-state index is 0.457. The molecule has 0 saturated carbocycles. The van der Waals surface area contributed by atoms with Gasteiger partial charge >= 0.3 is 0 Å². The quantitative estimate of drug-likeness (QED) is 0.414. The molecule has 0 amide bonds. The highest BCUT2D eigenvalue weighted by Crippen LogP contribution is 2.18. The molecule has 24 heavy (non-hydrogen) atoms. The van der Waals surface area contributed by atoms with E-state index in [9.17, 15) is 0 Å². The van der Waals surface area contributed by atoms with Crippen molar-refractivity contribution in [3.05, 3.63) is 90.5 Å². The maximum absolute atomic E-state index is 5.20. The zero-order valence-corrected chi connectivity index (χ0v) is 13.8. The van der Waals surface area contributed by atoms with Crippen LogP contribution in [0.1, 0.15) is 5.56 Å². The zero-order valence-electron chi connectivity index (χ0n) is 13.0. The highest BCUT2D eigenvalue weighted by molar-refractivity contribution is 7.80. The second-order valence-corrected chi connectivity index (χ2v) is 5.59. The molecule has 0 radical (unpaired) electrons. The molecule has 0 atom stereocenters. The minimum atomic E-state index is 0.457. The first-order valence-corrected chi connectivity index (χ1v) is 8.03. The largest absolute Gasteiger partial charge is 0.331 e. The molecule has 2 N–H and O–H groups in total. The van der Waals surface area contributed by atoms with Crippen molar-refractivity contribution in [3.63, 3.8) is 0 Å². The number of thiocarbonyl (C=S) groups is 1. The van der Waals surface area contributed by atoms with Gasteiger partial charge in [0.05, 0.1) is 6.21 Å². The van der Waals surface area contributed by atoms with Crippen LogP contribution in [0, 0.1) is 0 Å². The van der Waals surface area contributed by atoms with Crippen LogP contribution in [0.25, 0.3) is 11.1 Å². The monoisotopic (exact) mass is 331 g/mol. The second-order valence-electron chi connectivity index (χ2n) is 5.18. The number of rotatable bonds is 4. The topological polar surface area (TPSA) is 36.4 Å². The third kappa shape index (κ3) is 4.51. The van der Waals surface area contributed by atoms with E-state index in [-0.39, 0.29) is 0 Å². The molecule has 0 saturated heterocycles. The number of para-hydroxylation sites is 1.